The third-order valence-corrected chi connectivity index (χ3v) is 2.10. The molecule has 0 radical (unpaired) electrons. The van der Waals surface area contributed by atoms with Crippen molar-refractivity contribution in [2.24, 2.45) is 0 Å². The molecule has 4 nitrogen and oxygen atoms in total. The van der Waals surface area contributed by atoms with Gasteiger partial charge >= 0.3 is 40.0 Å². The average molecular weight is 276 g/mol. The fourth-order valence-electron chi connectivity index (χ4n) is 1.31. The summed E-state index contributed by atoms with van der Waals surface area (Å²) in [5.74, 6) is 0. The molecule has 0 bridgehead atoms. The molecule has 100 valence electrons. The van der Waals surface area contributed by atoms with Crippen LogP contribution in [-0.2, 0) is 10.4 Å². The summed E-state index contributed by atoms with van der Waals surface area (Å²) >= 11 is 0. The maximum atomic E-state index is 8.74. The molecule has 0 unspecified atom stereocenters. The SMILES string of the molecule is O=S(=O)(O)O.[CH2-]CCCCCCCCCC.[Na+]. The first-order valence-corrected chi connectivity index (χ1v) is 7.30. The molecule has 0 aliphatic heterocycles. The van der Waals surface area contributed by atoms with Crippen LogP contribution < -0.4 is 29.6 Å². The number of hydrogen-bond acceptors (Lipinski definition) is 2. The Morgan fingerprint density at radius 1 is 0.882 bits per heavy atom. The van der Waals surface area contributed by atoms with Crippen molar-refractivity contribution >= 4 is 10.4 Å². The average Bonchev–Trinajstić information content (AvgIpc) is 2.14. The van der Waals surface area contributed by atoms with Crippen molar-refractivity contribution in [3.8, 4) is 0 Å². The Bertz CT molecular complexity index is 202. The second-order valence-electron chi connectivity index (χ2n) is 3.78. The van der Waals surface area contributed by atoms with Gasteiger partial charge < -0.3 is 6.92 Å². The smallest absolute Gasteiger partial charge is 0.343 e. The fourth-order valence-corrected chi connectivity index (χ4v) is 1.31. The van der Waals surface area contributed by atoms with Crippen molar-refractivity contribution in [3.05, 3.63) is 6.92 Å². The van der Waals surface area contributed by atoms with Crippen LogP contribution in [0.15, 0.2) is 0 Å². The quantitative estimate of drug-likeness (QED) is 0.296. The molecule has 0 aliphatic carbocycles. The van der Waals surface area contributed by atoms with Crippen LogP contribution in [-0.4, -0.2) is 17.5 Å². The van der Waals surface area contributed by atoms with Crippen molar-refractivity contribution in [2.75, 3.05) is 0 Å². The van der Waals surface area contributed by atoms with Crippen LogP contribution in [0.1, 0.15) is 64.7 Å². The predicted molar refractivity (Wildman–Crippen MR) is 66.8 cm³/mol. The summed E-state index contributed by atoms with van der Waals surface area (Å²) in [7, 11) is -4.67. The van der Waals surface area contributed by atoms with Gasteiger partial charge in [0.05, 0.1) is 0 Å². The molecule has 0 fully saturated rings. The Labute approximate surface area is 128 Å². The van der Waals surface area contributed by atoms with Gasteiger partial charge in [-0.15, -0.1) is 0 Å². The summed E-state index contributed by atoms with van der Waals surface area (Å²) in [6.07, 6.45) is 12.4. The van der Waals surface area contributed by atoms with Crippen molar-refractivity contribution in [3.63, 3.8) is 0 Å². The van der Waals surface area contributed by atoms with E-state index in [-0.39, 0.29) is 29.6 Å². The van der Waals surface area contributed by atoms with E-state index in [0.717, 1.165) is 6.42 Å². The van der Waals surface area contributed by atoms with Crippen LogP contribution in [0.4, 0.5) is 0 Å². The number of hydrogen-bond donors (Lipinski definition) is 2. The van der Waals surface area contributed by atoms with Crippen molar-refractivity contribution in [1.29, 1.82) is 0 Å². The first-order valence-electron chi connectivity index (χ1n) is 5.91. The second-order valence-corrected chi connectivity index (χ2v) is 4.67. The number of rotatable bonds is 8. The molecule has 0 rings (SSSR count). The molecule has 0 aromatic carbocycles. The molecule has 0 amide bonds. The molecule has 0 atom stereocenters. The van der Waals surface area contributed by atoms with Crippen LogP contribution in [0.3, 0.4) is 0 Å². The normalized spacial score (nSPS) is 10.1. The van der Waals surface area contributed by atoms with E-state index in [1.54, 1.807) is 0 Å². The van der Waals surface area contributed by atoms with E-state index in [1.807, 2.05) is 0 Å². The monoisotopic (exact) mass is 276 g/mol. The van der Waals surface area contributed by atoms with Gasteiger partial charge in [-0.25, -0.2) is 0 Å². The molecule has 0 spiro atoms. The maximum absolute atomic E-state index is 8.74. The van der Waals surface area contributed by atoms with Crippen LogP contribution in [0.5, 0.6) is 0 Å². The van der Waals surface area contributed by atoms with Crippen LogP contribution >= 0.6 is 0 Å². The van der Waals surface area contributed by atoms with Gasteiger partial charge in [-0.1, -0.05) is 58.3 Å². The Morgan fingerprint density at radius 2 is 1.18 bits per heavy atom. The van der Waals surface area contributed by atoms with E-state index < -0.39 is 10.4 Å². The standard InChI is InChI=1S/C11H23.Na.H2O4S/c1-3-5-7-9-11-10-8-6-4-2;;1-5(2,3)4/h1,3-11H2,2H3;;(H2,1,2,3,4)/q-1;+1;. The third kappa shape index (κ3) is 47.4. The molecule has 0 saturated carbocycles. The summed E-state index contributed by atoms with van der Waals surface area (Å²) in [4.78, 5) is 0. The van der Waals surface area contributed by atoms with E-state index in [4.69, 9.17) is 17.5 Å². The minimum atomic E-state index is -4.67. The summed E-state index contributed by atoms with van der Waals surface area (Å²) in [5.41, 5.74) is 0. The van der Waals surface area contributed by atoms with Crippen LogP contribution in [0.2, 0.25) is 0 Å². The largest absolute Gasteiger partial charge is 1.00 e. The Kier molecular flexibility index (Phi) is 22.8. The van der Waals surface area contributed by atoms with Gasteiger partial charge in [-0.3, -0.25) is 9.11 Å². The Morgan fingerprint density at radius 3 is 1.47 bits per heavy atom. The van der Waals surface area contributed by atoms with Gasteiger partial charge in [0.15, 0.2) is 0 Å². The van der Waals surface area contributed by atoms with Gasteiger partial charge in [0.1, 0.15) is 0 Å². The molecule has 0 heterocycles. The molecule has 6 heteroatoms. The summed E-state index contributed by atoms with van der Waals surface area (Å²) < 4.78 is 31.6. The summed E-state index contributed by atoms with van der Waals surface area (Å²) in [6, 6.07) is 0. The van der Waals surface area contributed by atoms with E-state index in [2.05, 4.69) is 13.8 Å². The molecule has 2 N–H and O–H groups in total. The topological polar surface area (TPSA) is 74.6 Å². The third-order valence-electron chi connectivity index (χ3n) is 2.10. The molecule has 0 aliphatic rings. The van der Waals surface area contributed by atoms with Crippen molar-refractivity contribution < 1.29 is 47.1 Å². The molecular weight excluding hydrogens is 251 g/mol. The van der Waals surface area contributed by atoms with Crippen LogP contribution in [0, 0.1) is 6.92 Å². The van der Waals surface area contributed by atoms with E-state index in [0.29, 0.717) is 0 Å². The molecular formula is C11H25NaO4S. The summed E-state index contributed by atoms with van der Waals surface area (Å²) in [5, 5.41) is 0. The number of unbranched alkanes of at least 4 members (excludes halogenated alkanes) is 8. The second kappa shape index (κ2) is 16.9. The molecule has 0 aromatic rings. The fraction of sp³-hybridized carbons (Fsp3) is 0.909. The maximum Gasteiger partial charge on any atom is 1.00 e. The minimum absolute atomic E-state index is 0. The first kappa shape index (κ1) is 23.0. The zero-order valence-corrected chi connectivity index (χ0v) is 14.0. The molecule has 0 aromatic heterocycles. The zero-order valence-electron chi connectivity index (χ0n) is 11.2. The predicted octanol–water partition coefficient (Wildman–Crippen LogP) is 0.702. The Hall–Kier alpha value is 0.870. The van der Waals surface area contributed by atoms with E-state index >= 15 is 0 Å². The summed E-state index contributed by atoms with van der Waals surface area (Å²) in [6.45, 7) is 6.10. The molecule has 17 heavy (non-hydrogen) atoms. The molecule has 0 saturated heterocycles. The van der Waals surface area contributed by atoms with E-state index in [9.17, 15) is 0 Å². The van der Waals surface area contributed by atoms with Gasteiger partial charge in [0, 0.05) is 0 Å². The Balaban J connectivity index is -0.000000280. The van der Waals surface area contributed by atoms with E-state index in [1.165, 1.54) is 51.4 Å². The van der Waals surface area contributed by atoms with Gasteiger partial charge in [-0.05, 0) is 0 Å². The van der Waals surface area contributed by atoms with Crippen molar-refractivity contribution in [2.45, 2.75) is 64.7 Å². The van der Waals surface area contributed by atoms with Gasteiger partial charge in [-0.2, -0.15) is 14.8 Å². The van der Waals surface area contributed by atoms with Crippen molar-refractivity contribution in [1.82, 2.24) is 0 Å². The first-order chi connectivity index (χ1) is 7.41. The van der Waals surface area contributed by atoms with Crippen LogP contribution in [0.25, 0.3) is 0 Å². The zero-order chi connectivity index (χ0) is 12.9. The van der Waals surface area contributed by atoms with Gasteiger partial charge in [0.25, 0.3) is 0 Å². The minimum Gasteiger partial charge on any atom is -0.343 e. The van der Waals surface area contributed by atoms with Gasteiger partial charge in [0.2, 0.25) is 0 Å².